The highest BCUT2D eigenvalue weighted by atomic mass is 16.4. The fourth-order valence-corrected chi connectivity index (χ4v) is 1.74. The Labute approximate surface area is 102 Å². The molecule has 0 aliphatic rings. The second-order valence-electron chi connectivity index (χ2n) is 3.95. The van der Waals surface area contributed by atoms with Crippen molar-refractivity contribution in [3.05, 3.63) is 41.9 Å². The molecule has 0 saturated heterocycles. The molecule has 0 aliphatic carbocycles. The van der Waals surface area contributed by atoms with Gasteiger partial charge in [-0.05, 0) is 31.2 Å². The number of carboxylic acid groups (broad SMARTS) is 1. The summed E-state index contributed by atoms with van der Waals surface area (Å²) in [6.07, 6.45) is 1.55. The van der Waals surface area contributed by atoms with Gasteiger partial charge >= 0.3 is 5.97 Å². The van der Waals surface area contributed by atoms with E-state index in [0.29, 0.717) is 17.0 Å². The third-order valence-corrected chi connectivity index (χ3v) is 2.61. The Balaban J connectivity index is 2.13. The van der Waals surface area contributed by atoms with Crippen molar-refractivity contribution in [1.82, 2.24) is 4.98 Å². The van der Waals surface area contributed by atoms with Crippen LogP contribution in [0.4, 0.5) is 0 Å². The minimum absolute atomic E-state index is 0.186. The third-order valence-electron chi connectivity index (χ3n) is 2.61. The molecule has 0 spiro atoms. The summed E-state index contributed by atoms with van der Waals surface area (Å²) in [6.45, 7) is 1.83. The fraction of sp³-hybridized carbons (Fsp3) is 0.0769. The first-order valence-corrected chi connectivity index (χ1v) is 5.33. The Kier molecular flexibility index (Phi) is 2.19. The lowest BCUT2D eigenvalue weighted by molar-refractivity contribution is 0.0697. The topological polar surface area (TPSA) is 76.5 Å². The van der Waals surface area contributed by atoms with Gasteiger partial charge in [-0.15, -0.1) is 0 Å². The number of carboxylic acids is 1. The normalized spacial score (nSPS) is 10.9. The number of hydrogen-bond acceptors (Lipinski definition) is 4. The number of furan rings is 1. The highest BCUT2D eigenvalue weighted by molar-refractivity contribution is 5.92. The van der Waals surface area contributed by atoms with E-state index in [2.05, 4.69) is 4.98 Å². The van der Waals surface area contributed by atoms with Gasteiger partial charge in [0.1, 0.15) is 17.5 Å². The highest BCUT2D eigenvalue weighted by Crippen LogP contribution is 2.26. The summed E-state index contributed by atoms with van der Waals surface area (Å²) >= 11 is 0. The average Bonchev–Trinajstić information content (AvgIpc) is 2.93. The van der Waals surface area contributed by atoms with Crippen LogP contribution in [0.3, 0.4) is 0 Å². The number of rotatable bonds is 2. The van der Waals surface area contributed by atoms with Crippen LogP contribution in [0.25, 0.3) is 22.6 Å². The average molecular weight is 243 g/mol. The number of nitrogens with zero attached hydrogens (tertiary/aromatic N) is 1. The lowest BCUT2D eigenvalue weighted by Gasteiger charge is -1.91. The molecule has 0 atom stereocenters. The largest absolute Gasteiger partial charge is 0.478 e. The van der Waals surface area contributed by atoms with E-state index in [1.807, 2.05) is 13.0 Å². The Morgan fingerprint density at radius 2 is 2.17 bits per heavy atom. The van der Waals surface area contributed by atoms with Crippen LogP contribution in [0.15, 0.2) is 39.4 Å². The van der Waals surface area contributed by atoms with Crippen molar-refractivity contribution in [3.8, 4) is 11.5 Å². The molecule has 0 radical (unpaired) electrons. The summed E-state index contributed by atoms with van der Waals surface area (Å²) in [7, 11) is 0. The highest BCUT2D eigenvalue weighted by Gasteiger charge is 2.12. The minimum Gasteiger partial charge on any atom is -0.478 e. The monoisotopic (exact) mass is 243 g/mol. The summed E-state index contributed by atoms with van der Waals surface area (Å²) in [4.78, 5) is 15.1. The molecule has 18 heavy (non-hydrogen) atoms. The number of carbonyl (C=O) groups is 1. The number of aromatic nitrogens is 1. The molecule has 5 nitrogen and oxygen atoms in total. The van der Waals surface area contributed by atoms with Gasteiger partial charge in [0.25, 0.3) is 0 Å². The molecular weight excluding hydrogens is 234 g/mol. The number of benzene rings is 1. The molecule has 0 amide bonds. The maximum atomic E-state index is 10.9. The first-order chi connectivity index (χ1) is 8.63. The summed E-state index contributed by atoms with van der Waals surface area (Å²) in [5, 5.41) is 8.90. The maximum Gasteiger partial charge on any atom is 0.335 e. The first-order valence-electron chi connectivity index (χ1n) is 5.33. The second kappa shape index (κ2) is 3.73. The van der Waals surface area contributed by atoms with Crippen molar-refractivity contribution < 1.29 is 18.7 Å². The standard InChI is InChI=1S/C13H9NO4/c1-7-4-9(6-17-7)12-14-10-5-8(13(15)16)2-3-11(10)18-12/h2-6H,1H3,(H,15,16). The first kappa shape index (κ1) is 10.6. The van der Waals surface area contributed by atoms with Crippen molar-refractivity contribution in [1.29, 1.82) is 0 Å². The van der Waals surface area contributed by atoms with E-state index in [0.717, 1.165) is 11.3 Å². The molecule has 0 aliphatic heterocycles. The van der Waals surface area contributed by atoms with Gasteiger partial charge in [0.2, 0.25) is 5.89 Å². The van der Waals surface area contributed by atoms with Crippen molar-refractivity contribution in [2.24, 2.45) is 0 Å². The summed E-state index contributed by atoms with van der Waals surface area (Å²) < 4.78 is 10.7. The van der Waals surface area contributed by atoms with Crippen LogP contribution in [-0.4, -0.2) is 16.1 Å². The zero-order valence-electron chi connectivity index (χ0n) is 9.51. The zero-order valence-corrected chi connectivity index (χ0v) is 9.51. The number of aryl methyl sites for hydroxylation is 1. The van der Waals surface area contributed by atoms with E-state index in [-0.39, 0.29) is 5.56 Å². The van der Waals surface area contributed by atoms with Gasteiger partial charge in [-0.1, -0.05) is 0 Å². The molecule has 0 saturated carbocycles. The van der Waals surface area contributed by atoms with Gasteiger partial charge in [0.05, 0.1) is 11.1 Å². The molecule has 3 rings (SSSR count). The van der Waals surface area contributed by atoms with Crippen LogP contribution in [0.5, 0.6) is 0 Å². The Morgan fingerprint density at radius 1 is 1.33 bits per heavy atom. The number of aromatic carboxylic acids is 1. The molecule has 0 unspecified atom stereocenters. The molecular formula is C13H9NO4. The molecule has 0 fully saturated rings. The quantitative estimate of drug-likeness (QED) is 0.748. The van der Waals surface area contributed by atoms with Crippen LogP contribution in [-0.2, 0) is 0 Å². The van der Waals surface area contributed by atoms with E-state index >= 15 is 0 Å². The zero-order chi connectivity index (χ0) is 12.7. The SMILES string of the molecule is Cc1cc(-c2nc3cc(C(=O)O)ccc3o2)co1. The van der Waals surface area contributed by atoms with E-state index in [1.165, 1.54) is 12.1 Å². The predicted octanol–water partition coefficient (Wildman–Crippen LogP) is 3.09. The molecule has 90 valence electrons. The van der Waals surface area contributed by atoms with Crippen LogP contribution >= 0.6 is 0 Å². The Bertz CT molecular complexity index is 738. The van der Waals surface area contributed by atoms with Crippen LogP contribution in [0, 0.1) is 6.92 Å². The lowest BCUT2D eigenvalue weighted by Crippen LogP contribution is -1.94. The van der Waals surface area contributed by atoms with Gasteiger partial charge in [-0.25, -0.2) is 9.78 Å². The van der Waals surface area contributed by atoms with E-state index < -0.39 is 5.97 Å². The molecule has 5 heteroatoms. The van der Waals surface area contributed by atoms with Crippen molar-refractivity contribution in [3.63, 3.8) is 0 Å². The molecule has 1 N–H and O–H groups in total. The second-order valence-corrected chi connectivity index (χ2v) is 3.95. The van der Waals surface area contributed by atoms with Crippen LogP contribution in [0.1, 0.15) is 16.1 Å². The van der Waals surface area contributed by atoms with Gasteiger partial charge in [0.15, 0.2) is 5.58 Å². The van der Waals surface area contributed by atoms with Crippen LogP contribution in [0.2, 0.25) is 0 Å². The third kappa shape index (κ3) is 1.66. The van der Waals surface area contributed by atoms with Gasteiger partial charge in [-0.2, -0.15) is 0 Å². The van der Waals surface area contributed by atoms with Crippen molar-refractivity contribution >= 4 is 17.1 Å². The Morgan fingerprint density at radius 3 is 2.83 bits per heavy atom. The Hall–Kier alpha value is -2.56. The van der Waals surface area contributed by atoms with Crippen LogP contribution < -0.4 is 0 Å². The summed E-state index contributed by atoms with van der Waals surface area (Å²) in [5.41, 5.74) is 1.99. The van der Waals surface area contributed by atoms with Gasteiger partial charge in [0, 0.05) is 0 Å². The smallest absolute Gasteiger partial charge is 0.335 e. The summed E-state index contributed by atoms with van der Waals surface area (Å²) in [6, 6.07) is 6.38. The predicted molar refractivity (Wildman–Crippen MR) is 63.4 cm³/mol. The van der Waals surface area contributed by atoms with Crippen molar-refractivity contribution in [2.75, 3.05) is 0 Å². The number of oxazole rings is 1. The van der Waals surface area contributed by atoms with E-state index in [4.69, 9.17) is 13.9 Å². The van der Waals surface area contributed by atoms with E-state index in [1.54, 1.807) is 12.3 Å². The molecule has 2 aromatic heterocycles. The number of hydrogen-bond donors (Lipinski definition) is 1. The van der Waals surface area contributed by atoms with E-state index in [9.17, 15) is 4.79 Å². The molecule has 0 bridgehead atoms. The number of fused-ring (bicyclic) bond motifs is 1. The summed E-state index contributed by atoms with van der Waals surface area (Å²) in [5.74, 6) is 0.198. The maximum absolute atomic E-state index is 10.9. The molecule has 3 aromatic rings. The van der Waals surface area contributed by atoms with Gasteiger partial charge < -0.3 is 13.9 Å². The fourth-order valence-electron chi connectivity index (χ4n) is 1.74. The minimum atomic E-state index is -0.986. The van der Waals surface area contributed by atoms with Crippen molar-refractivity contribution in [2.45, 2.75) is 6.92 Å². The lowest BCUT2D eigenvalue weighted by atomic mass is 10.2. The van der Waals surface area contributed by atoms with Gasteiger partial charge in [-0.3, -0.25) is 0 Å². The molecule has 1 aromatic carbocycles. The molecule has 2 heterocycles.